The van der Waals surface area contributed by atoms with Gasteiger partial charge in [0.1, 0.15) is 6.54 Å². The third-order valence-corrected chi connectivity index (χ3v) is 7.57. The average molecular weight is 431 g/mol. The maximum Gasteiger partial charge on any atom is 0.326 e. The SMILES string of the molecule is Cc1nn(C)c(C)c1NC(=O)C(C)OC(=O)CNC(=O)CC12CC3CC(CC(C3)C1)C2. The first-order valence-corrected chi connectivity index (χ1v) is 11.4. The molecule has 4 fully saturated rings. The molecule has 1 heterocycles. The van der Waals surface area contributed by atoms with Gasteiger partial charge in [0.2, 0.25) is 5.91 Å². The number of ether oxygens (including phenoxy) is 1. The molecule has 31 heavy (non-hydrogen) atoms. The zero-order valence-corrected chi connectivity index (χ0v) is 19.0. The highest BCUT2D eigenvalue weighted by Gasteiger charge is 2.51. The molecule has 8 nitrogen and oxygen atoms in total. The number of amides is 2. The highest BCUT2D eigenvalue weighted by atomic mass is 16.5. The topological polar surface area (TPSA) is 102 Å². The van der Waals surface area contributed by atoms with E-state index in [9.17, 15) is 14.4 Å². The molecule has 0 spiro atoms. The van der Waals surface area contributed by atoms with E-state index in [2.05, 4.69) is 15.7 Å². The molecule has 8 heteroatoms. The summed E-state index contributed by atoms with van der Waals surface area (Å²) in [5.74, 6) is 1.24. The fourth-order valence-corrected chi connectivity index (χ4v) is 6.55. The molecule has 0 aromatic carbocycles. The van der Waals surface area contributed by atoms with Crippen molar-refractivity contribution in [2.45, 2.75) is 71.8 Å². The molecule has 5 rings (SSSR count). The van der Waals surface area contributed by atoms with Crippen molar-refractivity contribution in [1.82, 2.24) is 15.1 Å². The van der Waals surface area contributed by atoms with Crippen LogP contribution in [0.25, 0.3) is 0 Å². The molecule has 0 aliphatic heterocycles. The molecule has 1 aromatic heterocycles. The van der Waals surface area contributed by atoms with Gasteiger partial charge in [0.15, 0.2) is 6.10 Å². The van der Waals surface area contributed by atoms with Crippen LogP contribution < -0.4 is 10.6 Å². The number of esters is 1. The normalized spacial score (nSPS) is 29.5. The molecule has 4 bridgehead atoms. The Kier molecular flexibility index (Phi) is 5.83. The Bertz CT molecular complexity index is 855. The molecule has 1 atom stereocenters. The summed E-state index contributed by atoms with van der Waals surface area (Å²) in [6.45, 7) is 4.96. The summed E-state index contributed by atoms with van der Waals surface area (Å²) >= 11 is 0. The van der Waals surface area contributed by atoms with Crippen LogP contribution in [0.1, 0.15) is 63.3 Å². The van der Waals surface area contributed by atoms with Crippen molar-refractivity contribution in [1.29, 1.82) is 0 Å². The van der Waals surface area contributed by atoms with E-state index in [1.807, 2.05) is 6.92 Å². The van der Waals surface area contributed by atoms with Crippen molar-refractivity contribution >= 4 is 23.5 Å². The standard InChI is InChI=1S/C23H34N4O4/c1-13-21(14(2)27(4)26-13)25-22(30)15(3)31-20(29)12-24-19(28)11-23-8-16-5-17(9-23)7-18(6-16)10-23/h15-18H,5-12H2,1-4H3,(H,24,28)(H,25,30). The van der Waals surface area contributed by atoms with Gasteiger partial charge in [0.25, 0.3) is 5.91 Å². The number of aromatic nitrogens is 2. The van der Waals surface area contributed by atoms with Crippen molar-refractivity contribution in [3.8, 4) is 0 Å². The largest absolute Gasteiger partial charge is 0.451 e. The fourth-order valence-electron chi connectivity index (χ4n) is 6.55. The summed E-state index contributed by atoms with van der Waals surface area (Å²) in [5, 5.41) is 9.74. The van der Waals surface area contributed by atoms with Crippen molar-refractivity contribution < 1.29 is 19.1 Å². The highest BCUT2D eigenvalue weighted by Crippen LogP contribution is 2.61. The summed E-state index contributed by atoms with van der Waals surface area (Å²) in [4.78, 5) is 37.1. The fraction of sp³-hybridized carbons (Fsp3) is 0.739. The quantitative estimate of drug-likeness (QED) is 0.648. The van der Waals surface area contributed by atoms with Gasteiger partial charge < -0.3 is 15.4 Å². The molecule has 1 aromatic rings. The summed E-state index contributed by atoms with van der Waals surface area (Å²) < 4.78 is 6.90. The molecule has 4 aliphatic rings. The summed E-state index contributed by atoms with van der Waals surface area (Å²) in [6, 6.07) is 0. The Hall–Kier alpha value is -2.38. The summed E-state index contributed by atoms with van der Waals surface area (Å²) in [6.07, 6.45) is 7.01. The molecule has 0 radical (unpaired) electrons. The molecular weight excluding hydrogens is 396 g/mol. The third-order valence-electron chi connectivity index (χ3n) is 7.57. The van der Waals surface area contributed by atoms with Gasteiger partial charge in [-0.25, -0.2) is 0 Å². The predicted octanol–water partition coefficient (Wildman–Crippen LogP) is 2.63. The van der Waals surface area contributed by atoms with Crippen LogP contribution in [0.2, 0.25) is 0 Å². The predicted molar refractivity (Wildman–Crippen MR) is 115 cm³/mol. The Morgan fingerprint density at radius 1 is 1.13 bits per heavy atom. The lowest BCUT2D eigenvalue weighted by atomic mass is 9.49. The van der Waals surface area contributed by atoms with Crippen LogP contribution in [0.5, 0.6) is 0 Å². The third kappa shape index (κ3) is 4.62. The van der Waals surface area contributed by atoms with Gasteiger partial charge in [-0.3, -0.25) is 19.1 Å². The Balaban J connectivity index is 1.22. The number of hydrogen-bond donors (Lipinski definition) is 2. The van der Waals surface area contributed by atoms with Gasteiger partial charge in [0, 0.05) is 13.5 Å². The average Bonchev–Trinajstić information content (AvgIpc) is 2.91. The van der Waals surface area contributed by atoms with Crippen molar-refractivity contribution in [3.63, 3.8) is 0 Å². The van der Waals surface area contributed by atoms with Crippen molar-refractivity contribution in [2.75, 3.05) is 11.9 Å². The number of anilines is 1. The molecular formula is C23H34N4O4. The monoisotopic (exact) mass is 430 g/mol. The van der Waals surface area contributed by atoms with Crippen LogP contribution in [-0.2, 0) is 26.2 Å². The first-order chi connectivity index (χ1) is 14.6. The van der Waals surface area contributed by atoms with Crippen molar-refractivity contribution in [3.05, 3.63) is 11.4 Å². The number of aryl methyl sites for hydroxylation is 2. The van der Waals surface area contributed by atoms with E-state index in [1.54, 1.807) is 18.7 Å². The minimum Gasteiger partial charge on any atom is -0.451 e. The van der Waals surface area contributed by atoms with Crippen LogP contribution in [0, 0.1) is 37.0 Å². The molecule has 1 unspecified atom stereocenters. The van der Waals surface area contributed by atoms with E-state index in [4.69, 9.17) is 4.74 Å². The van der Waals surface area contributed by atoms with Gasteiger partial charge in [-0.05, 0) is 82.5 Å². The van der Waals surface area contributed by atoms with Crippen LogP contribution in [0.3, 0.4) is 0 Å². The van der Waals surface area contributed by atoms with Gasteiger partial charge in [-0.15, -0.1) is 0 Å². The lowest BCUT2D eigenvalue weighted by Crippen LogP contribution is -2.48. The van der Waals surface area contributed by atoms with Gasteiger partial charge in [-0.1, -0.05) is 0 Å². The van der Waals surface area contributed by atoms with Gasteiger partial charge >= 0.3 is 5.97 Å². The van der Waals surface area contributed by atoms with E-state index in [0.717, 1.165) is 42.7 Å². The van der Waals surface area contributed by atoms with Crippen molar-refractivity contribution in [2.24, 2.45) is 30.2 Å². The van der Waals surface area contributed by atoms with E-state index in [0.29, 0.717) is 17.8 Å². The maximum absolute atomic E-state index is 12.6. The molecule has 2 amide bonds. The van der Waals surface area contributed by atoms with Crippen LogP contribution in [0.4, 0.5) is 5.69 Å². The van der Waals surface area contributed by atoms with Gasteiger partial charge in [0.05, 0.1) is 17.1 Å². The highest BCUT2D eigenvalue weighted by molar-refractivity contribution is 5.96. The Morgan fingerprint density at radius 3 is 2.23 bits per heavy atom. The second kappa shape index (κ2) is 8.28. The second-order valence-corrected chi connectivity index (χ2v) is 10.2. The molecule has 170 valence electrons. The van der Waals surface area contributed by atoms with Crippen LogP contribution in [0.15, 0.2) is 0 Å². The lowest BCUT2D eigenvalue weighted by Gasteiger charge is -2.56. The minimum absolute atomic E-state index is 0.0855. The zero-order valence-electron chi connectivity index (χ0n) is 19.0. The molecule has 0 saturated heterocycles. The zero-order chi connectivity index (χ0) is 22.3. The maximum atomic E-state index is 12.6. The molecule has 2 N–H and O–H groups in total. The number of hydrogen-bond acceptors (Lipinski definition) is 5. The molecule has 4 saturated carbocycles. The minimum atomic E-state index is -0.966. The number of nitrogens with zero attached hydrogens (tertiary/aromatic N) is 2. The van der Waals surface area contributed by atoms with Crippen LogP contribution >= 0.6 is 0 Å². The van der Waals surface area contributed by atoms with E-state index >= 15 is 0 Å². The van der Waals surface area contributed by atoms with E-state index in [1.165, 1.54) is 26.2 Å². The first kappa shape index (κ1) is 21.8. The molecule has 4 aliphatic carbocycles. The van der Waals surface area contributed by atoms with E-state index < -0.39 is 18.0 Å². The smallest absolute Gasteiger partial charge is 0.326 e. The van der Waals surface area contributed by atoms with Crippen LogP contribution in [-0.4, -0.2) is 40.2 Å². The number of carbonyl (C=O) groups is 3. The Morgan fingerprint density at radius 2 is 1.71 bits per heavy atom. The number of carbonyl (C=O) groups excluding carboxylic acids is 3. The lowest BCUT2D eigenvalue weighted by molar-refractivity contribution is -0.153. The Labute approximate surface area is 183 Å². The second-order valence-electron chi connectivity index (χ2n) is 10.2. The number of nitrogens with one attached hydrogen (secondary N) is 2. The first-order valence-electron chi connectivity index (χ1n) is 11.4. The summed E-state index contributed by atoms with van der Waals surface area (Å²) in [5.41, 5.74) is 2.28. The van der Waals surface area contributed by atoms with E-state index in [-0.39, 0.29) is 17.9 Å². The number of rotatable bonds is 7. The van der Waals surface area contributed by atoms with Gasteiger partial charge in [-0.2, -0.15) is 5.10 Å². The summed E-state index contributed by atoms with van der Waals surface area (Å²) in [7, 11) is 1.80.